The van der Waals surface area contributed by atoms with Crippen molar-refractivity contribution in [3.8, 4) is 0 Å². The van der Waals surface area contributed by atoms with Gasteiger partial charge in [-0.25, -0.2) is 4.63 Å². The van der Waals surface area contributed by atoms with E-state index in [9.17, 15) is 15.2 Å². The molecule has 24 heavy (non-hydrogen) atoms. The zero-order valence-electron chi connectivity index (χ0n) is 12.4. The number of anilines is 1. The number of aliphatic hydroxyl groups is 1. The molecule has 9 heteroatoms. The fraction of sp³-hybridized carbons (Fsp3) is 0.200. The molecule has 3 rings (SSSR count). The number of fused-ring (bicyclic) bond motifs is 1. The zero-order valence-corrected chi connectivity index (χ0v) is 13.2. The molecule has 0 bridgehead atoms. The Bertz CT molecular complexity index is 869. The lowest BCUT2D eigenvalue weighted by Gasteiger charge is -2.24. The highest BCUT2D eigenvalue weighted by Gasteiger charge is 2.28. The van der Waals surface area contributed by atoms with Crippen molar-refractivity contribution in [2.75, 3.05) is 18.1 Å². The Morgan fingerprint density at radius 1 is 1.25 bits per heavy atom. The standard InChI is InChI=1S/C15H13ClN4O4/c16-11-8-12(15(20(22)23)14-13(11)17-24-18-14)19(6-7-21)9-10-4-2-1-3-5-10/h1-5,8,21H,6-7,9H2. The Kier molecular flexibility index (Phi) is 4.59. The van der Waals surface area contributed by atoms with Gasteiger partial charge in [0.25, 0.3) is 0 Å². The maximum Gasteiger partial charge on any atom is 0.323 e. The Morgan fingerprint density at radius 3 is 2.62 bits per heavy atom. The number of nitro groups is 1. The number of aromatic nitrogens is 2. The molecular weight excluding hydrogens is 336 g/mol. The van der Waals surface area contributed by atoms with Crippen LogP contribution in [-0.4, -0.2) is 33.5 Å². The molecule has 124 valence electrons. The Morgan fingerprint density at radius 2 is 1.96 bits per heavy atom. The summed E-state index contributed by atoms with van der Waals surface area (Å²) in [6.45, 7) is 0.398. The molecule has 0 atom stereocenters. The van der Waals surface area contributed by atoms with Crippen LogP contribution < -0.4 is 4.90 Å². The van der Waals surface area contributed by atoms with Crippen molar-refractivity contribution in [2.45, 2.75) is 6.54 Å². The molecule has 0 aliphatic rings. The number of nitrogens with zero attached hydrogens (tertiary/aromatic N) is 4. The molecule has 1 N–H and O–H groups in total. The van der Waals surface area contributed by atoms with Crippen molar-refractivity contribution in [3.05, 3.63) is 57.1 Å². The van der Waals surface area contributed by atoms with E-state index in [4.69, 9.17) is 11.6 Å². The average molecular weight is 349 g/mol. The second-order valence-corrected chi connectivity index (χ2v) is 5.48. The molecule has 0 saturated heterocycles. The van der Waals surface area contributed by atoms with Gasteiger partial charge >= 0.3 is 5.69 Å². The smallest absolute Gasteiger partial charge is 0.323 e. The second kappa shape index (κ2) is 6.81. The molecule has 0 spiro atoms. The summed E-state index contributed by atoms with van der Waals surface area (Å²) in [6, 6.07) is 10.9. The van der Waals surface area contributed by atoms with E-state index in [1.807, 2.05) is 30.3 Å². The number of hydrogen-bond donors (Lipinski definition) is 1. The van der Waals surface area contributed by atoms with Crippen molar-refractivity contribution in [2.24, 2.45) is 0 Å². The summed E-state index contributed by atoms with van der Waals surface area (Å²) in [4.78, 5) is 12.7. The fourth-order valence-corrected chi connectivity index (χ4v) is 2.74. The van der Waals surface area contributed by atoms with Crippen molar-refractivity contribution < 1.29 is 14.7 Å². The Balaban J connectivity index is 2.13. The quantitative estimate of drug-likeness (QED) is 0.539. The number of benzene rings is 2. The van der Waals surface area contributed by atoms with E-state index in [0.717, 1.165) is 5.56 Å². The van der Waals surface area contributed by atoms with Crippen LogP contribution in [-0.2, 0) is 6.54 Å². The van der Waals surface area contributed by atoms with Crippen LogP contribution in [0.25, 0.3) is 11.0 Å². The lowest BCUT2D eigenvalue weighted by molar-refractivity contribution is -0.382. The van der Waals surface area contributed by atoms with Gasteiger partial charge in [-0.3, -0.25) is 10.1 Å². The van der Waals surface area contributed by atoms with E-state index >= 15 is 0 Å². The molecule has 3 aromatic rings. The van der Waals surface area contributed by atoms with Crippen molar-refractivity contribution in [1.82, 2.24) is 10.3 Å². The Hall–Kier alpha value is -2.71. The molecule has 0 saturated carbocycles. The maximum atomic E-state index is 11.6. The third-order valence-electron chi connectivity index (χ3n) is 3.55. The van der Waals surface area contributed by atoms with Crippen LogP contribution in [0.4, 0.5) is 11.4 Å². The minimum Gasteiger partial charge on any atom is -0.395 e. The van der Waals surface area contributed by atoms with Crippen LogP contribution in [0.2, 0.25) is 5.02 Å². The summed E-state index contributed by atoms with van der Waals surface area (Å²) < 4.78 is 4.59. The number of nitro benzene ring substituents is 1. The van der Waals surface area contributed by atoms with Gasteiger partial charge in [0.2, 0.25) is 5.52 Å². The van der Waals surface area contributed by atoms with Gasteiger partial charge in [0, 0.05) is 13.1 Å². The van der Waals surface area contributed by atoms with E-state index in [2.05, 4.69) is 14.9 Å². The first kappa shape index (κ1) is 16.2. The van der Waals surface area contributed by atoms with Crippen molar-refractivity contribution in [1.29, 1.82) is 0 Å². The Labute approximate surface area is 141 Å². The van der Waals surface area contributed by atoms with E-state index in [-0.39, 0.29) is 40.6 Å². The van der Waals surface area contributed by atoms with Gasteiger partial charge in [-0.2, -0.15) is 0 Å². The summed E-state index contributed by atoms with van der Waals surface area (Å²) in [5, 5.41) is 28.3. The maximum absolute atomic E-state index is 11.6. The van der Waals surface area contributed by atoms with Gasteiger partial charge < -0.3 is 10.0 Å². The molecule has 8 nitrogen and oxygen atoms in total. The number of halogens is 1. The third-order valence-corrected chi connectivity index (χ3v) is 3.84. The first-order chi connectivity index (χ1) is 11.6. The first-order valence-corrected chi connectivity index (χ1v) is 7.48. The van der Waals surface area contributed by atoms with Crippen LogP contribution in [0.15, 0.2) is 41.0 Å². The molecule has 0 aliphatic heterocycles. The summed E-state index contributed by atoms with van der Waals surface area (Å²) in [7, 11) is 0. The number of rotatable bonds is 6. The lowest BCUT2D eigenvalue weighted by Crippen LogP contribution is -2.27. The normalized spacial score (nSPS) is 10.9. The molecule has 0 fully saturated rings. The number of aliphatic hydroxyl groups excluding tert-OH is 1. The largest absolute Gasteiger partial charge is 0.395 e. The van der Waals surface area contributed by atoms with E-state index in [0.29, 0.717) is 6.54 Å². The van der Waals surface area contributed by atoms with Gasteiger partial charge in [-0.15, -0.1) is 0 Å². The minimum absolute atomic E-state index is 0.0153. The second-order valence-electron chi connectivity index (χ2n) is 5.08. The predicted octanol–water partition coefficient (Wildman–Crippen LogP) is 2.78. The lowest BCUT2D eigenvalue weighted by atomic mass is 10.1. The van der Waals surface area contributed by atoms with Crippen LogP contribution in [0.1, 0.15) is 5.56 Å². The van der Waals surface area contributed by atoms with Gasteiger partial charge in [-0.05, 0) is 21.9 Å². The summed E-state index contributed by atoms with van der Waals surface area (Å²) in [5.41, 5.74) is 1.06. The molecule has 0 radical (unpaired) electrons. The van der Waals surface area contributed by atoms with Crippen molar-refractivity contribution >= 4 is 34.0 Å². The van der Waals surface area contributed by atoms with E-state index in [1.54, 1.807) is 4.90 Å². The van der Waals surface area contributed by atoms with Crippen LogP contribution in [0.3, 0.4) is 0 Å². The van der Waals surface area contributed by atoms with Gasteiger partial charge in [-0.1, -0.05) is 41.9 Å². The fourth-order valence-electron chi connectivity index (χ4n) is 2.51. The van der Waals surface area contributed by atoms with E-state index in [1.165, 1.54) is 6.07 Å². The number of hydrogen-bond acceptors (Lipinski definition) is 7. The summed E-state index contributed by atoms with van der Waals surface area (Å²) >= 11 is 6.15. The molecule has 0 aliphatic carbocycles. The van der Waals surface area contributed by atoms with Crippen LogP contribution in [0.5, 0.6) is 0 Å². The van der Waals surface area contributed by atoms with Crippen LogP contribution in [0, 0.1) is 10.1 Å². The highest BCUT2D eigenvalue weighted by atomic mass is 35.5. The molecule has 0 unspecified atom stereocenters. The monoisotopic (exact) mass is 348 g/mol. The third kappa shape index (κ3) is 3.01. The van der Waals surface area contributed by atoms with Gasteiger partial charge in [0.1, 0.15) is 5.69 Å². The highest BCUT2D eigenvalue weighted by Crippen LogP contribution is 2.39. The molecule has 1 heterocycles. The first-order valence-electron chi connectivity index (χ1n) is 7.10. The van der Waals surface area contributed by atoms with Crippen LogP contribution >= 0.6 is 11.6 Å². The topological polar surface area (TPSA) is 106 Å². The average Bonchev–Trinajstić information content (AvgIpc) is 3.05. The molecule has 0 amide bonds. The van der Waals surface area contributed by atoms with Gasteiger partial charge in [0.05, 0.1) is 16.6 Å². The molecular formula is C15H13ClN4O4. The predicted molar refractivity (Wildman–Crippen MR) is 88.0 cm³/mol. The highest BCUT2D eigenvalue weighted by molar-refractivity contribution is 6.35. The minimum atomic E-state index is -0.548. The zero-order chi connectivity index (χ0) is 17.1. The summed E-state index contributed by atoms with van der Waals surface area (Å²) in [5.74, 6) is 0. The van der Waals surface area contributed by atoms with E-state index < -0.39 is 4.92 Å². The van der Waals surface area contributed by atoms with Gasteiger partial charge in [0.15, 0.2) is 5.52 Å². The molecule has 2 aromatic carbocycles. The van der Waals surface area contributed by atoms with Crippen molar-refractivity contribution in [3.63, 3.8) is 0 Å². The molecule has 1 aromatic heterocycles. The SMILES string of the molecule is O=[N+]([O-])c1c(N(CCO)Cc2ccccc2)cc(Cl)c2nonc12. The summed E-state index contributed by atoms with van der Waals surface area (Å²) in [6.07, 6.45) is 0.